The van der Waals surface area contributed by atoms with Crippen LogP contribution in [-0.4, -0.2) is 48.7 Å². The zero-order valence-electron chi connectivity index (χ0n) is 16.9. The molecule has 0 bridgehead atoms. The summed E-state index contributed by atoms with van der Waals surface area (Å²) in [7, 11) is -3.57. The summed E-state index contributed by atoms with van der Waals surface area (Å²) in [6.45, 7) is -0.481. The average molecular weight is 469 g/mol. The summed E-state index contributed by atoms with van der Waals surface area (Å²) >= 11 is 1.35. The Morgan fingerprint density at radius 1 is 0.781 bits per heavy atom. The number of ketones is 2. The molecule has 0 radical (unpaired) electrons. The lowest BCUT2D eigenvalue weighted by Gasteiger charge is -2.18. The number of carbonyl (C=O) groups is 2. The zero-order valence-corrected chi connectivity index (χ0v) is 18.5. The first-order valence-corrected chi connectivity index (χ1v) is 12.4. The van der Waals surface area contributed by atoms with Crippen LogP contribution in [0.4, 0.5) is 0 Å². The molecular formula is C24H20O6S2. The summed E-state index contributed by atoms with van der Waals surface area (Å²) in [4.78, 5) is 27.3. The van der Waals surface area contributed by atoms with E-state index in [0.717, 1.165) is 9.79 Å². The number of carbonyl (C=O) groups excluding carboxylic acids is 2. The van der Waals surface area contributed by atoms with Crippen LogP contribution >= 0.6 is 11.8 Å². The Hall–Kier alpha value is -2.78. The van der Waals surface area contributed by atoms with Gasteiger partial charge in [0.25, 0.3) is 0 Å². The molecule has 1 unspecified atom stereocenters. The molecule has 6 nitrogen and oxygen atoms in total. The van der Waals surface area contributed by atoms with Crippen molar-refractivity contribution in [2.24, 2.45) is 0 Å². The third-order valence-corrected chi connectivity index (χ3v) is 8.01. The molecule has 1 atom stereocenters. The molecule has 1 aliphatic carbocycles. The second-order valence-electron chi connectivity index (χ2n) is 7.43. The summed E-state index contributed by atoms with van der Waals surface area (Å²) in [5, 5.41) is 18.2. The highest BCUT2D eigenvalue weighted by molar-refractivity contribution is 7.99. The molecule has 0 aromatic heterocycles. The Kier molecular flexibility index (Phi) is 6.30. The van der Waals surface area contributed by atoms with Crippen LogP contribution in [0.3, 0.4) is 0 Å². The highest BCUT2D eigenvalue weighted by atomic mass is 32.2. The predicted molar refractivity (Wildman–Crippen MR) is 120 cm³/mol. The Bertz CT molecular complexity index is 1300. The lowest BCUT2D eigenvalue weighted by molar-refractivity contribution is 0.0928. The number of hydrogen-bond acceptors (Lipinski definition) is 7. The smallest absolute Gasteiger partial charge is 0.194 e. The van der Waals surface area contributed by atoms with E-state index in [0.29, 0.717) is 22.3 Å². The van der Waals surface area contributed by atoms with E-state index in [2.05, 4.69) is 0 Å². The van der Waals surface area contributed by atoms with E-state index >= 15 is 0 Å². The van der Waals surface area contributed by atoms with Gasteiger partial charge in [-0.05, 0) is 48.9 Å². The second kappa shape index (κ2) is 8.99. The Morgan fingerprint density at radius 3 is 1.97 bits per heavy atom. The van der Waals surface area contributed by atoms with E-state index in [1.165, 1.54) is 23.9 Å². The van der Waals surface area contributed by atoms with Crippen LogP contribution in [0.15, 0.2) is 81.4 Å². The van der Waals surface area contributed by atoms with Gasteiger partial charge in [-0.15, -0.1) is 0 Å². The Morgan fingerprint density at radius 2 is 1.34 bits per heavy atom. The van der Waals surface area contributed by atoms with Crippen molar-refractivity contribution in [3.05, 3.63) is 89.0 Å². The lowest BCUT2D eigenvalue weighted by Crippen LogP contribution is -2.20. The monoisotopic (exact) mass is 468 g/mol. The standard InChI is InChI=1S/C24H20O6S2/c25-14-15(26)11-12-32(29,30)18-8-5-16(6-9-18)31-17-7-10-21-22(13-17)24(28)20-4-2-1-3-19(20)23(21)27/h1-10,13,15,25-26H,11-12,14H2. The molecule has 0 amide bonds. The maximum Gasteiger partial charge on any atom is 0.194 e. The number of fused-ring (bicyclic) bond motifs is 2. The largest absolute Gasteiger partial charge is 0.394 e. The molecule has 8 heteroatoms. The number of rotatable bonds is 7. The van der Waals surface area contributed by atoms with Crippen molar-refractivity contribution in [2.45, 2.75) is 27.2 Å². The number of hydrogen-bond donors (Lipinski definition) is 2. The highest BCUT2D eigenvalue weighted by Crippen LogP contribution is 2.34. The fourth-order valence-corrected chi connectivity index (χ4v) is 5.72. The molecule has 0 spiro atoms. The number of aliphatic hydroxyl groups is 2. The molecule has 2 N–H and O–H groups in total. The fourth-order valence-electron chi connectivity index (χ4n) is 3.49. The van der Waals surface area contributed by atoms with Gasteiger partial charge in [-0.2, -0.15) is 0 Å². The number of benzene rings is 3. The average Bonchev–Trinajstić information content (AvgIpc) is 2.81. The SMILES string of the molecule is O=C1c2ccccc2C(=O)c2cc(Sc3ccc(S(=O)(=O)CCC(O)CO)cc3)ccc21. The Labute approximate surface area is 189 Å². The van der Waals surface area contributed by atoms with Crippen molar-refractivity contribution in [3.63, 3.8) is 0 Å². The normalized spacial score (nSPS) is 14.1. The van der Waals surface area contributed by atoms with Gasteiger partial charge in [-0.25, -0.2) is 8.42 Å². The summed E-state index contributed by atoms with van der Waals surface area (Å²) < 4.78 is 24.8. The van der Waals surface area contributed by atoms with Crippen LogP contribution in [0.25, 0.3) is 0 Å². The van der Waals surface area contributed by atoms with Gasteiger partial charge in [0.1, 0.15) is 0 Å². The maximum absolute atomic E-state index is 12.9. The van der Waals surface area contributed by atoms with E-state index < -0.39 is 22.5 Å². The van der Waals surface area contributed by atoms with Gasteiger partial charge in [-0.1, -0.05) is 36.0 Å². The molecule has 0 saturated heterocycles. The van der Waals surface area contributed by atoms with Crippen LogP contribution in [0.1, 0.15) is 38.3 Å². The molecule has 0 fully saturated rings. The van der Waals surface area contributed by atoms with Gasteiger partial charge in [0.15, 0.2) is 21.4 Å². The molecular weight excluding hydrogens is 448 g/mol. The van der Waals surface area contributed by atoms with Crippen LogP contribution < -0.4 is 0 Å². The van der Waals surface area contributed by atoms with Crippen molar-refractivity contribution in [1.82, 2.24) is 0 Å². The molecule has 164 valence electrons. The summed E-state index contributed by atoms with van der Waals surface area (Å²) in [6.07, 6.45) is -1.11. The second-order valence-corrected chi connectivity index (χ2v) is 10.7. The number of sulfone groups is 1. The third kappa shape index (κ3) is 4.40. The van der Waals surface area contributed by atoms with Crippen molar-refractivity contribution in [1.29, 1.82) is 0 Å². The molecule has 3 aromatic carbocycles. The molecule has 1 aliphatic rings. The van der Waals surface area contributed by atoms with Gasteiger partial charge in [-0.3, -0.25) is 9.59 Å². The molecule has 0 aliphatic heterocycles. The first-order valence-electron chi connectivity index (χ1n) is 9.92. The minimum Gasteiger partial charge on any atom is -0.394 e. The summed E-state index contributed by atoms with van der Waals surface area (Å²) in [5.41, 5.74) is 1.55. The minimum atomic E-state index is -3.57. The van der Waals surface area contributed by atoms with Crippen LogP contribution in [0.2, 0.25) is 0 Å². The van der Waals surface area contributed by atoms with Gasteiger partial charge >= 0.3 is 0 Å². The van der Waals surface area contributed by atoms with Gasteiger partial charge in [0.2, 0.25) is 0 Å². The summed E-state index contributed by atoms with van der Waals surface area (Å²) in [5.74, 6) is -0.624. The van der Waals surface area contributed by atoms with Crippen molar-refractivity contribution in [3.8, 4) is 0 Å². The first kappa shape index (κ1) is 22.4. The van der Waals surface area contributed by atoms with Crippen molar-refractivity contribution < 1.29 is 28.2 Å². The van der Waals surface area contributed by atoms with Gasteiger partial charge in [0, 0.05) is 32.0 Å². The molecule has 0 saturated carbocycles. The molecule has 4 rings (SSSR count). The van der Waals surface area contributed by atoms with Crippen molar-refractivity contribution in [2.75, 3.05) is 12.4 Å². The topological polar surface area (TPSA) is 109 Å². The van der Waals surface area contributed by atoms with Crippen LogP contribution in [0.5, 0.6) is 0 Å². The fraction of sp³-hybridized carbons (Fsp3) is 0.167. The van der Waals surface area contributed by atoms with E-state index in [4.69, 9.17) is 5.11 Å². The molecule has 3 aromatic rings. The van der Waals surface area contributed by atoms with E-state index in [-0.39, 0.29) is 28.6 Å². The summed E-state index contributed by atoms with van der Waals surface area (Å²) in [6, 6.07) is 18.2. The van der Waals surface area contributed by atoms with Crippen LogP contribution in [-0.2, 0) is 9.84 Å². The van der Waals surface area contributed by atoms with E-state index in [1.54, 1.807) is 54.6 Å². The number of aliphatic hydroxyl groups excluding tert-OH is 2. The van der Waals surface area contributed by atoms with E-state index in [9.17, 15) is 23.1 Å². The van der Waals surface area contributed by atoms with E-state index in [1.807, 2.05) is 0 Å². The molecule has 0 heterocycles. The third-order valence-electron chi connectivity index (χ3n) is 5.25. The minimum absolute atomic E-state index is 0.0413. The zero-order chi connectivity index (χ0) is 22.9. The van der Waals surface area contributed by atoms with Crippen LogP contribution in [0, 0.1) is 0 Å². The lowest BCUT2D eigenvalue weighted by atomic mass is 9.84. The Balaban J connectivity index is 1.53. The van der Waals surface area contributed by atoms with Gasteiger partial charge < -0.3 is 10.2 Å². The van der Waals surface area contributed by atoms with Crippen molar-refractivity contribution >= 4 is 33.2 Å². The predicted octanol–water partition coefficient (Wildman–Crippen LogP) is 3.13. The quantitative estimate of drug-likeness (QED) is 0.429. The maximum atomic E-state index is 12.9. The first-order chi connectivity index (χ1) is 15.3. The van der Waals surface area contributed by atoms with Gasteiger partial charge in [0.05, 0.1) is 23.4 Å². The molecule has 32 heavy (non-hydrogen) atoms. The highest BCUT2D eigenvalue weighted by Gasteiger charge is 2.29.